The Hall–Kier alpha value is -1.10. The number of likely N-dealkylation sites (N-methyl/N-ethyl adjacent to an activating group) is 1. The molecule has 1 saturated heterocycles. The Kier molecular flexibility index (Phi) is 5.41. The first kappa shape index (κ1) is 14.0. The van der Waals surface area contributed by atoms with Crippen LogP contribution < -0.4 is 0 Å². The van der Waals surface area contributed by atoms with Crippen LogP contribution in [0.15, 0.2) is 0 Å². The molecule has 5 nitrogen and oxygen atoms in total. The zero-order chi connectivity index (χ0) is 12.8. The molecule has 1 rings (SSSR count). The Balaban J connectivity index is 2.43. The first-order valence-electron chi connectivity index (χ1n) is 6.22. The summed E-state index contributed by atoms with van der Waals surface area (Å²) in [5, 5.41) is 8.78. The highest BCUT2D eigenvalue weighted by Gasteiger charge is 2.23. The highest BCUT2D eigenvalue weighted by atomic mass is 16.4. The monoisotopic (exact) mass is 242 g/mol. The van der Waals surface area contributed by atoms with Crippen molar-refractivity contribution in [1.29, 1.82) is 0 Å². The molecular weight excluding hydrogens is 220 g/mol. The fourth-order valence-electron chi connectivity index (χ4n) is 2.36. The summed E-state index contributed by atoms with van der Waals surface area (Å²) in [6.45, 7) is 6.77. The van der Waals surface area contributed by atoms with Crippen LogP contribution >= 0.6 is 0 Å². The fraction of sp³-hybridized carbons (Fsp3) is 0.833. The van der Waals surface area contributed by atoms with Gasteiger partial charge in [0.25, 0.3) is 0 Å². The van der Waals surface area contributed by atoms with Gasteiger partial charge in [-0.25, -0.2) is 0 Å². The zero-order valence-electron chi connectivity index (χ0n) is 10.7. The van der Waals surface area contributed by atoms with Gasteiger partial charge >= 0.3 is 5.97 Å². The van der Waals surface area contributed by atoms with E-state index in [1.165, 1.54) is 0 Å². The van der Waals surface area contributed by atoms with E-state index in [9.17, 15) is 9.59 Å². The molecule has 1 amide bonds. The van der Waals surface area contributed by atoms with E-state index in [0.29, 0.717) is 5.92 Å². The van der Waals surface area contributed by atoms with Gasteiger partial charge in [0.05, 0.1) is 6.54 Å². The second kappa shape index (κ2) is 6.59. The van der Waals surface area contributed by atoms with Crippen LogP contribution in [-0.2, 0) is 9.59 Å². The average molecular weight is 242 g/mol. The number of hydrogen-bond donors (Lipinski definition) is 1. The lowest BCUT2D eigenvalue weighted by Crippen LogP contribution is -2.43. The number of nitrogens with zero attached hydrogens (tertiary/aromatic N) is 2. The molecule has 1 aliphatic heterocycles. The Morgan fingerprint density at radius 1 is 1.47 bits per heavy atom. The van der Waals surface area contributed by atoms with Gasteiger partial charge in [-0.15, -0.1) is 0 Å². The molecule has 1 N–H and O–H groups in total. The summed E-state index contributed by atoms with van der Waals surface area (Å²) in [6, 6.07) is 0. The molecule has 0 unspecified atom stereocenters. The van der Waals surface area contributed by atoms with E-state index < -0.39 is 5.97 Å². The summed E-state index contributed by atoms with van der Waals surface area (Å²) in [7, 11) is 0. The van der Waals surface area contributed by atoms with Crippen LogP contribution in [-0.4, -0.2) is 59.5 Å². The van der Waals surface area contributed by atoms with Crippen LogP contribution in [0.1, 0.15) is 26.7 Å². The van der Waals surface area contributed by atoms with Crippen LogP contribution in [0.4, 0.5) is 0 Å². The molecule has 1 aliphatic rings. The topological polar surface area (TPSA) is 60.9 Å². The van der Waals surface area contributed by atoms with E-state index in [1.54, 1.807) is 6.92 Å². The molecule has 17 heavy (non-hydrogen) atoms. The first-order valence-corrected chi connectivity index (χ1v) is 6.22. The van der Waals surface area contributed by atoms with Crippen molar-refractivity contribution in [2.45, 2.75) is 26.7 Å². The van der Waals surface area contributed by atoms with Crippen molar-refractivity contribution >= 4 is 11.9 Å². The third-order valence-corrected chi connectivity index (χ3v) is 3.29. The molecule has 0 aromatic heterocycles. The maximum atomic E-state index is 11.3. The van der Waals surface area contributed by atoms with E-state index >= 15 is 0 Å². The van der Waals surface area contributed by atoms with E-state index in [1.807, 2.05) is 16.7 Å². The lowest BCUT2D eigenvalue weighted by Gasteiger charge is -2.34. The Morgan fingerprint density at radius 3 is 2.71 bits per heavy atom. The molecule has 1 atom stereocenters. The minimum atomic E-state index is -0.786. The summed E-state index contributed by atoms with van der Waals surface area (Å²) in [4.78, 5) is 25.8. The average Bonchev–Trinajstić information content (AvgIpc) is 2.28. The smallest absolute Gasteiger partial charge is 0.317 e. The molecule has 0 radical (unpaired) electrons. The summed E-state index contributed by atoms with van der Waals surface area (Å²) in [6.07, 6.45) is 2.11. The van der Waals surface area contributed by atoms with Crippen molar-refractivity contribution in [3.8, 4) is 0 Å². The predicted octanol–water partition coefficient (Wildman–Crippen LogP) is 0.651. The molecule has 0 aromatic rings. The van der Waals surface area contributed by atoms with Crippen molar-refractivity contribution in [1.82, 2.24) is 9.80 Å². The normalized spacial score (nSPS) is 20.6. The Morgan fingerprint density at radius 2 is 2.18 bits per heavy atom. The van der Waals surface area contributed by atoms with Crippen LogP contribution in [0.3, 0.4) is 0 Å². The summed E-state index contributed by atoms with van der Waals surface area (Å²) >= 11 is 0. The number of aliphatic carboxylic acids is 1. The van der Waals surface area contributed by atoms with E-state index in [-0.39, 0.29) is 12.5 Å². The van der Waals surface area contributed by atoms with Crippen LogP contribution in [0.5, 0.6) is 0 Å². The quantitative estimate of drug-likeness (QED) is 0.769. The Bertz CT molecular complexity index is 281. The third-order valence-electron chi connectivity index (χ3n) is 3.29. The minimum absolute atomic E-state index is 0.0903. The molecule has 0 saturated carbocycles. The maximum absolute atomic E-state index is 11.3. The molecule has 5 heteroatoms. The second-order valence-corrected chi connectivity index (χ2v) is 4.69. The highest BCUT2D eigenvalue weighted by Crippen LogP contribution is 2.17. The van der Waals surface area contributed by atoms with Crippen molar-refractivity contribution in [3.63, 3.8) is 0 Å². The van der Waals surface area contributed by atoms with Gasteiger partial charge in [-0.1, -0.05) is 6.92 Å². The molecule has 0 spiro atoms. The lowest BCUT2D eigenvalue weighted by molar-refractivity contribution is -0.139. The van der Waals surface area contributed by atoms with Crippen LogP contribution in [0.25, 0.3) is 0 Å². The van der Waals surface area contributed by atoms with Gasteiger partial charge in [-0.3, -0.25) is 14.5 Å². The predicted molar refractivity (Wildman–Crippen MR) is 64.7 cm³/mol. The third kappa shape index (κ3) is 4.73. The summed E-state index contributed by atoms with van der Waals surface area (Å²) in [5.41, 5.74) is 0. The van der Waals surface area contributed by atoms with Gasteiger partial charge < -0.3 is 10.0 Å². The highest BCUT2D eigenvalue weighted by molar-refractivity contribution is 5.73. The first-order chi connectivity index (χ1) is 8.02. The Labute approximate surface area is 102 Å². The van der Waals surface area contributed by atoms with Crippen molar-refractivity contribution in [3.05, 3.63) is 0 Å². The van der Waals surface area contributed by atoms with Crippen molar-refractivity contribution < 1.29 is 14.7 Å². The van der Waals surface area contributed by atoms with Gasteiger partial charge in [0.15, 0.2) is 0 Å². The lowest BCUT2D eigenvalue weighted by atomic mass is 9.97. The SMILES string of the molecule is CCN(CC(=O)O)C[C@@H]1CCCN(C(C)=O)C1. The number of carbonyl (C=O) groups excluding carboxylic acids is 1. The van der Waals surface area contributed by atoms with Crippen LogP contribution in [0, 0.1) is 5.92 Å². The number of carboxylic acids is 1. The van der Waals surface area contributed by atoms with Gasteiger partial charge in [-0.2, -0.15) is 0 Å². The van der Waals surface area contributed by atoms with Crippen molar-refractivity contribution in [2.24, 2.45) is 5.92 Å². The fourth-order valence-corrected chi connectivity index (χ4v) is 2.36. The van der Waals surface area contributed by atoms with Crippen molar-refractivity contribution in [2.75, 3.05) is 32.7 Å². The number of rotatable bonds is 5. The molecule has 0 aliphatic carbocycles. The number of hydrogen-bond acceptors (Lipinski definition) is 3. The number of piperidine rings is 1. The van der Waals surface area contributed by atoms with E-state index in [0.717, 1.165) is 39.0 Å². The van der Waals surface area contributed by atoms with Gasteiger partial charge in [-0.05, 0) is 25.3 Å². The number of carboxylic acid groups (broad SMARTS) is 1. The van der Waals surface area contributed by atoms with E-state index in [4.69, 9.17) is 5.11 Å². The number of amides is 1. The molecule has 0 aromatic carbocycles. The minimum Gasteiger partial charge on any atom is -0.480 e. The largest absolute Gasteiger partial charge is 0.480 e. The van der Waals surface area contributed by atoms with E-state index in [2.05, 4.69) is 0 Å². The molecule has 0 bridgehead atoms. The van der Waals surface area contributed by atoms with Crippen LogP contribution in [0.2, 0.25) is 0 Å². The summed E-state index contributed by atoms with van der Waals surface area (Å²) < 4.78 is 0. The number of carbonyl (C=O) groups is 2. The van der Waals surface area contributed by atoms with Gasteiger partial charge in [0.1, 0.15) is 0 Å². The summed E-state index contributed by atoms with van der Waals surface area (Å²) in [5.74, 6) is -0.256. The van der Waals surface area contributed by atoms with Gasteiger partial charge in [0.2, 0.25) is 5.91 Å². The molecule has 1 heterocycles. The standard InChI is InChI=1S/C12H22N2O3/c1-3-13(9-12(16)17)7-11-5-4-6-14(8-11)10(2)15/h11H,3-9H2,1-2H3,(H,16,17)/t11-/m0/s1. The number of likely N-dealkylation sites (tertiary alicyclic amines) is 1. The molecule has 1 fully saturated rings. The maximum Gasteiger partial charge on any atom is 0.317 e. The molecule has 98 valence electrons. The zero-order valence-corrected chi connectivity index (χ0v) is 10.7. The molecular formula is C12H22N2O3. The van der Waals surface area contributed by atoms with Gasteiger partial charge in [0, 0.05) is 26.6 Å². The second-order valence-electron chi connectivity index (χ2n) is 4.69.